The Morgan fingerprint density at radius 1 is 1.16 bits per heavy atom. The van der Waals surface area contributed by atoms with E-state index in [2.05, 4.69) is 0 Å². The lowest BCUT2D eigenvalue weighted by molar-refractivity contribution is -0.131. The molecule has 0 amide bonds. The molecule has 0 heterocycles. The van der Waals surface area contributed by atoms with Crippen molar-refractivity contribution in [3.8, 4) is 11.5 Å². The Hall–Kier alpha value is -2.56. The van der Waals surface area contributed by atoms with Crippen molar-refractivity contribution in [1.82, 2.24) is 0 Å². The van der Waals surface area contributed by atoms with Gasteiger partial charge in [-0.15, -0.1) is 0 Å². The highest BCUT2D eigenvalue weighted by molar-refractivity contribution is 6.00. The van der Waals surface area contributed by atoms with Crippen LogP contribution in [0.3, 0.4) is 0 Å². The molecule has 0 saturated carbocycles. The highest BCUT2D eigenvalue weighted by Gasteiger charge is 2.16. The van der Waals surface area contributed by atoms with E-state index >= 15 is 0 Å². The van der Waals surface area contributed by atoms with Crippen molar-refractivity contribution in [2.45, 2.75) is 6.92 Å². The molecule has 2 aromatic rings. The van der Waals surface area contributed by atoms with E-state index in [1.807, 2.05) is 0 Å². The number of benzene rings is 2. The van der Waals surface area contributed by atoms with E-state index in [1.165, 1.54) is 26.2 Å². The number of hydrogen-bond donors (Lipinski definition) is 1. The van der Waals surface area contributed by atoms with Crippen LogP contribution in [0.25, 0.3) is 10.8 Å². The minimum atomic E-state index is -1.15. The minimum Gasteiger partial charge on any atom is -0.496 e. The van der Waals surface area contributed by atoms with Crippen LogP contribution in [0.2, 0.25) is 0 Å². The molecular formula is C14H12O5. The van der Waals surface area contributed by atoms with Crippen LogP contribution in [0, 0.1) is 0 Å². The molecule has 5 heteroatoms. The quantitative estimate of drug-likeness (QED) is 0.678. The van der Waals surface area contributed by atoms with Gasteiger partial charge in [0.25, 0.3) is 0 Å². The average molecular weight is 260 g/mol. The number of carbonyl (C=O) groups excluding carboxylic acids is 1. The van der Waals surface area contributed by atoms with Crippen molar-refractivity contribution in [3.63, 3.8) is 0 Å². The molecule has 0 aliphatic carbocycles. The molecule has 19 heavy (non-hydrogen) atoms. The molecule has 0 unspecified atom stereocenters. The van der Waals surface area contributed by atoms with Crippen molar-refractivity contribution in [1.29, 1.82) is 0 Å². The largest absolute Gasteiger partial charge is 0.496 e. The number of carbonyl (C=O) groups is 2. The highest BCUT2D eigenvalue weighted by Crippen LogP contribution is 2.32. The minimum absolute atomic E-state index is 0.0111. The van der Waals surface area contributed by atoms with Gasteiger partial charge in [0.2, 0.25) is 0 Å². The van der Waals surface area contributed by atoms with E-state index in [0.29, 0.717) is 16.5 Å². The first-order valence-corrected chi connectivity index (χ1v) is 5.55. The summed E-state index contributed by atoms with van der Waals surface area (Å²) >= 11 is 0. The third kappa shape index (κ3) is 2.49. The summed E-state index contributed by atoms with van der Waals surface area (Å²) in [5, 5.41) is 10.5. The second-order valence-corrected chi connectivity index (χ2v) is 3.93. The Kier molecular flexibility index (Phi) is 3.37. The molecule has 1 N–H and O–H groups in total. The SMILES string of the molecule is COc1cccc2cc(C(=O)O)c(OC(C)=O)cc12. The first kappa shape index (κ1) is 12.9. The van der Waals surface area contributed by atoms with Gasteiger partial charge in [-0.1, -0.05) is 12.1 Å². The number of hydrogen-bond acceptors (Lipinski definition) is 4. The van der Waals surface area contributed by atoms with E-state index in [1.54, 1.807) is 18.2 Å². The first-order chi connectivity index (χ1) is 9.02. The number of methoxy groups -OCH3 is 1. The van der Waals surface area contributed by atoms with Crippen molar-refractivity contribution in [2.75, 3.05) is 7.11 Å². The van der Waals surface area contributed by atoms with Gasteiger partial charge in [0.05, 0.1) is 7.11 Å². The zero-order chi connectivity index (χ0) is 14.0. The molecule has 98 valence electrons. The molecule has 0 aromatic heterocycles. The number of carboxylic acids is 1. The summed E-state index contributed by atoms with van der Waals surface area (Å²) < 4.78 is 10.1. The first-order valence-electron chi connectivity index (χ1n) is 5.55. The van der Waals surface area contributed by atoms with Gasteiger partial charge in [-0.05, 0) is 23.6 Å². The molecule has 0 spiro atoms. The van der Waals surface area contributed by atoms with Crippen LogP contribution in [0.4, 0.5) is 0 Å². The maximum absolute atomic E-state index is 11.2. The van der Waals surface area contributed by atoms with Gasteiger partial charge >= 0.3 is 11.9 Å². The Labute approximate surface area is 109 Å². The topological polar surface area (TPSA) is 72.8 Å². The number of aromatic carboxylic acids is 1. The molecule has 0 fully saturated rings. The average Bonchev–Trinajstić information content (AvgIpc) is 2.36. The summed E-state index contributed by atoms with van der Waals surface area (Å²) in [5.41, 5.74) is -0.0593. The number of fused-ring (bicyclic) bond motifs is 1. The number of ether oxygens (including phenoxy) is 2. The van der Waals surface area contributed by atoms with Gasteiger partial charge in [-0.25, -0.2) is 4.79 Å². The Morgan fingerprint density at radius 2 is 1.89 bits per heavy atom. The predicted octanol–water partition coefficient (Wildman–Crippen LogP) is 2.47. The summed E-state index contributed by atoms with van der Waals surface area (Å²) in [5.74, 6) is -1.13. The normalized spacial score (nSPS) is 10.2. The van der Waals surface area contributed by atoms with Crippen LogP contribution in [0.1, 0.15) is 17.3 Å². The zero-order valence-electron chi connectivity index (χ0n) is 10.5. The molecule has 0 bridgehead atoms. The maximum Gasteiger partial charge on any atom is 0.339 e. The summed E-state index contributed by atoms with van der Waals surface area (Å²) in [6, 6.07) is 8.23. The number of carboxylic acid groups (broad SMARTS) is 1. The van der Waals surface area contributed by atoms with Crippen LogP contribution in [-0.2, 0) is 4.79 Å². The second kappa shape index (κ2) is 4.97. The molecule has 5 nitrogen and oxygen atoms in total. The lowest BCUT2D eigenvalue weighted by atomic mass is 10.0. The van der Waals surface area contributed by atoms with Crippen molar-refractivity contribution < 1.29 is 24.2 Å². The van der Waals surface area contributed by atoms with Crippen molar-refractivity contribution in [2.24, 2.45) is 0 Å². The van der Waals surface area contributed by atoms with Crippen LogP contribution in [-0.4, -0.2) is 24.2 Å². The molecule has 0 atom stereocenters. The van der Waals surface area contributed by atoms with Gasteiger partial charge in [0.15, 0.2) is 0 Å². The fourth-order valence-electron chi connectivity index (χ4n) is 1.86. The summed E-state index contributed by atoms with van der Waals surface area (Å²) in [6.45, 7) is 1.22. The Balaban J connectivity index is 2.72. The van der Waals surface area contributed by atoms with Gasteiger partial charge in [-0.3, -0.25) is 4.79 Å². The number of rotatable bonds is 3. The van der Waals surface area contributed by atoms with Crippen molar-refractivity contribution >= 4 is 22.7 Å². The van der Waals surface area contributed by atoms with Gasteiger partial charge in [0, 0.05) is 12.3 Å². The molecule has 0 aliphatic heterocycles. The fraction of sp³-hybridized carbons (Fsp3) is 0.143. The highest BCUT2D eigenvalue weighted by atomic mass is 16.5. The maximum atomic E-state index is 11.2. The lowest BCUT2D eigenvalue weighted by Crippen LogP contribution is -2.07. The smallest absolute Gasteiger partial charge is 0.339 e. The van der Waals surface area contributed by atoms with E-state index in [9.17, 15) is 9.59 Å². The van der Waals surface area contributed by atoms with Crippen LogP contribution in [0.5, 0.6) is 11.5 Å². The number of esters is 1. The van der Waals surface area contributed by atoms with Crippen LogP contribution in [0.15, 0.2) is 30.3 Å². The fourth-order valence-corrected chi connectivity index (χ4v) is 1.86. The van der Waals surface area contributed by atoms with Gasteiger partial charge in [0.1, 0.15) is 17.1 Å². The Morgan fingerprint density at radius 3 is 2.47 bits per heavy atom. The monoisotopic (exact) mass is 260 g/mol. The summed E-state index contributed by atoms with van der Waals surface area (Å²) in [7, 11) is 1.52. The van der Waals surface area contributed by atoms with Gasteiger partial charge in [-0.2, -0.15) is 0 Å². The predicted molar refractivity (Wildman–Crippen MR) is 68.8 cm³/mol. The van der Waals surface area contributed by atoms with Gasteiger partial charge < -0.3 is 14.6 Å². The molecule has 0 radical (unpaired) electrons. The lowest BCUT2D eigenvalue weighted by Gasteiger charge is -2.10. The second-order valence-electron chi connectivity index (χ2n) is 3.93. The standard InChI is InChI=1S/C14H12O5/c1-8(15)19-13-7-10-9(6-11(13)14(16)17)4-3-5-12(10)18-2/h3-7H,1-2H3,(H,16,17). The molecular weight excluding hydrogens is 248 g/mol. The zero-order valence-corrected chi connectivity index (χ0v) is 10.5. The van der Waals surface area contributed by atoms with Crippen LogP contribution < -0.4 is 9.47 Å². The van der Waals surface area contributed by atoms with Crippen molar-refractivity contribution in [3.05, 3.63) is 35.9 Å². The van der Waals surface area contributed by atoms with E-state index in [0.717, 1.165) is 0 Å². The third-order valence-corrected chi connectivity index (χ3v) is 2.64. The summed E-state index contributed by atoms with van der Waals surface area (Å²) in [6.07, 6.45) is 0. The molecule has 0 saturated heterocycles. The molecule has 2 rings (SSSR count). The summed E-state index contributed by atoms with van der Waals surface area (Å²) in [4.78, 5) is 22.2. The Bertz CT molecular complexity index is 660. The van der Waals surface area contributed by atoms with E-state index < -0.39 is 11.9 Å². The molecule has 0 aliphatic rings. The van der Waals surface area contributed by atoms with E-state index in [-0.39, 0.29) is 11.3 Å². The van der Waals surface area contributed by atoms with E-state index in [4.69, 9.17) is 14.6 Å². The molecule has 2 aromatic carbocycles. The van der Waals surface area contributed by atoms with Crippen LogP contribution >= 0.6 is 0 Å². The third-order valence-electron chi connectivity index (χ3n) is 2.64.